The lowest BCUT2D eigenvalue weighted by Gasteiger charge is -2.19. The number of carbonyl (C=O) groups is 1. The van der Waals surface area contributed by atoms with Crippen molar-refractivity contribution in [2.75, 3.05) is 20.8 Å². The van der Waals surface area contributed by atoms with Crippen molar-refractivity contribution in [1.82, 2.24) is 15.3 Å². The lowest BCUT2D eigenvalue weighted by molar-refractivity contribution is 0.0529. The van der Waals surface area contributed by atoms with Gasteiger partial charge in [0.25, 0.3) is 0 Å². The van der Waals surface area contributed by atoms with Crippen LogP contribution >= 0.6 is 0 Å². The third-order valence-corrected chi connectivity index (χ3v) is 2.25. The Morgan fingerprint density at radius 3 is 2.64 bits per heavy atom. The Morgan fingerprint density at radius 1 is 1.32 bits per heavy atom. The Labute approximate surface area is 130 Å². The summed E-state index contributed by atoms with van der Waals surface area (Å²) in [6.07, 6.45) is 1.53. The largest absolute Gasteiger partial charge is 0.480 e. The van der Waals surface area contributed by atoms with Gasteiger partial charge in [0.1, 0.15) is 11.2 Å². The van der Waals surface area contributed by atoms with Crippen LogP contribution in [0.3, 0.4) is 0 Å². The molecule has 0 atom stereocenters. The van der Waals surface area contributed by atoms with Gasteiger partial charge >= 0.3 is 12.1 Å². The third-order valence-electron chi connectivity index (χ3n) is 2.25. The Morgan fingerprint density at radius 2 is 2.05 bits per heavy atom. The number of nitrogens with one attached hydrogen (secondary N) is 1. The average Bonchev–Trinajstić information content (AvgIpc) is 2.45. The first-order valence-electron chi connectivity index (χ1n) is 6.76. The van der Waals surface area contributed by atoms with Crippen molar-refractivity contribution in [3.63, 3.8) is 0 Å². The van der Waals surface area contributed by atoms with Crippen molar-refractivity contribution in [3.8, 4) is 23.7 Å². The molecule has 0 saturated carbocycles. The van der Waals surface area contributed by atoms with Gasteiger partial charge in [0.15, 0.2) is 0 Å². The Hall–Kier alpha value is -2.49. The topological polar surface area (TPSA) is 82.6 Å². The van der Waals surface area contributed by atoms with Crippen molar-refractivity contribution >= 4 is 6.09 Å². The quantitative estimate of drug-likeness (QED) is 0.674. The number of aromatic nitrogens is 2. The first-order valence-corrected chi connectivity index (χ1v) is 6.76. The maximum Gasteiger partial charge on any atom is 0.407 e. The summed E-state index contributed by atoms with van der Waals surface area (Å²) in [5.74, 6) is 6.15. The van der Waals surface area contributed by atoms with Crippen LogP contribution in [0, 0.1) is 11.8 Å². The molecular weight excluding hydrogens is 286 g/mol. The van der Waals surface area contributed by atoms with Gasteiger partial charge in [0, 0.05) is 13.0 Å². The standard InChI is InChI=1S/C15H21N3O4/c1-15(2,3)22-14(19)16-9-7-6-8-11-10-17-13(21-5)18-12(11)20-4/h10H,7,9H2,1-5H3,(H,16,19). The summed E-state index contributed by atoms with van der Waals surface area (Å²) in [4.78, 5) is 19.4. The van der Waals surface area contributed by atoms with Gasteiger partial charge in [0.2, 0.25) is 5.88 Å². The zero-order chi connectivity index (χ0) is 16.6. The first kappa shape index (κ1) is 17.6. The number of hydrogen-bond acceptors (Lipinski definition) is 6. The number of ether oxygens (including phenoxy) is 3. The van der Waals surface area contributed by atoms with E-state index < -0.39 is 11.7 Å². The van der Waals surface area contributed by atoms with Gasteiger partial charge in [0.05, 0.1) is 20.4 Å². The highest BCUT2D eigenvalue weighted by Gasteiger charge is 2.15. The molecule has 22 heavy (non-hydrogen) atoms. The fourth-order valence-corrected chi connectivity index (χ4v) is 1.39. The van der Waals surface area contributed by atoms with Crippen molar-refractivity contribution < 1.29 is 19.0 Å². The summed E-state index contributed by atoms with van der Waals surface area (Å²) in [6, 6.07) is 0.217. The number of carbonyl (C=O) groups excluding carboxylic acids is 1. The summed E-state index contributed by atoms with van der Waals surface area (Å²) < 4.78 is 15.1. The minimum Gasteiger partial charge on any atom is -0.480 e. The number of nitrogens with zero attached hydrogens (tertiary/aromatic N) is 2. The number of hydrogen-bond donors (Lipinski definition) is 1. The molecule has 1 aromatic rings. The van der Waals surface area contributed by atoms with E-state index in [0.717, 1.165) is 0 Å². The van der Waals surface area contributed by atoms with E-state index in [0.29, 0.717) is 24.4 Å². The van der Waals surface area contributed by atoms with Gasteiger partial charge in [-0.1, -0.05) is 11.8 Å². The molecule has 0 aliphatic rings. The van der Waals surface area contributed by atoms with Crippen molar-refractivity contribution in [3.05, 3.63) is 11.8 Å². The van der Waals surface area contributed by atoms with Crippen LogP contribution in [0.1, 0.15) is 32.8 Å². The predicted octanol–water partition coefficient (Wildman–Crippen LogP) is 1.76. The second kappa shape index (κ2) is 8.08. The second-order valence-corrected chi connectivity index (χ2v) is 5.26. The van der Waals surface area contributed by atoms with E-state index in [4.69, 9.17) is 14.2 Å². The molecule has 1 aromatic heterocycles. The average molecular weight is 307 g/mol. The monoisotopic (exact) mass is 307 g/mol. The van der Waals surface area contributed by atoms with Crippen LogP contribution in [0.25, 0.3) is 0 Å². The molecular formula is C15H21N3O4. The molecule has 7 heteroatoms. The maximum atomic E-state index is 11.4. The summed E-state index contributed by atoms with van der Waals surface area (Å²) in [7, 11) is 2.97. The molecule has 0 fully saturated rings. The highest BCUT2D eigenvalue weighted by molar-refractivity contribution is 5.67. The molecule has 1 heterocycles. The van der Waals surface area contributed by atoms with E-state index in [1.54, 1.807) is 0 Å². The maximum absolute atomic E-state index is 11.4. The van der Waals surface area contributed by atoms with Gasteiger partial charge < -0.3 is 19.5 Å². The molecule has 7 nitrogen and oxygen atoms in total. The lowest BCUT2D eigenvalue weighted by Crippen LogP contribution is -2.32. The van der Waals surface area contributed by atoms with Gasteiger partial charge in [-0.2, -0.15) is 4.98 Å². The van der Waals surface area contributed by atoms with E-state index in [2.05, 4.69) is 27.1 Å². The molecule has 0 spiro atoms. The lowest BCUT2D eigenvalue weighted by atomic mass is 10.2. The smallest absolute Gasteiger partial charge is 0.407 e. The zero-order valence-corrected chi connectivity index (χ0v) is 13.5. The summed E-state index contributed by atoms with van der Waals surface area (Å²) in [5, 5.41) is 2.63. The molecule has 0 aliphatic carbocycles. The van der Waals surface area contributed by atoms with Crippen LogP contribution in [0.5, 0.6) is 11.9 Å². The minimum absolute atomic E-state index is 0.217. The molecule has 0 saturated heterocycles. The van der Waals surface area contributed by atoms with E-state index in [1.807, 2.05) is 20.8 Å². The fraction of sp³-hybridized carbons (Fsp3) is 0.533. The summed E-state index contributed by atoms with van der Waals surface area (Å²) in [6.45, 7) is 5.81. The molecule has 1 amide bonds. The van der Waals surface area contributed by atoms with Crippen molar-refractivity contribution in [2.24, 2.45) is 0 Å². The molecule has 120 valence electrons. The van der Waals surface area contributed by atoms with Crippen LogP contribution in [-0.4, -0.2) is 42.4 Å². The third kappa shape index (κ3) is 6.31. The first-order chi connectivity index (χ1) is 10.4. The highest BCUT2D eigenvalue weighted by atomic mass is 16.6. The second-order valence-electron chi connectivity index (χ2n) is 5.26. The molecule has 1 rings (SSSR count). The number of amides is 1. The van der Waals surface area contributed by atoms with Crippen molar-refractivity contribution in [2.45, 2.75) is 32.8 Å². The van der Waals surface area contributed by atoms with Gasteiger partial charge in [-0.25, -0.2) is 9.78 Å². The molecule has 0 aliphatic heterocycles. The summed E-state index contributed by atoms with van der Waals surface area (Å²) in [5.41, 5.74) is 0.0457. The molecule has 0 radical (unpaired) electrons. The minimum atomic E-state index is -0.510. The number of methoxy groups -OCH3 is 2. The van der Waals surface area contributed by atoms with Gasteiger partial charge in [-0.05, 0) is 20.8 Å². The zero-order valence-electron chi connectivity index (χ0n) is 13.5. The van der Waals surface area contributed by atoms with E-state index in [9.17, 15) is 4.79 Å². The predicted molar refractivity (Wildman–Crippen MR) is 80.9 cm³/mol. The van der Waals surface area contributed by atoms with E-state index >= 15 is 0 Å². The molecule has 1 N–H and O–H groups in total. The Balaban J connectivity index is 2.50. The van der Waals surface area contributed by atoms with Crippen molar-refractivity contribution in [1.29, 1.82) is 0 Å². The molecule has 0 bridgehead atoms. The van der Waals surface area contributed by atoms with Gasteiger partial charge in [-0.3, -0.25) is 0 Å². The Bertz CT molecular complexity index is 570. The molecule has 0 aromatic carbocycles. The van der Waals surface area contributed by atoms with Crippen LogP contribution in [0.4, 0.5) is 4.79 Å². The van der Waals surface area contributed by atoms with Crippen LogP contribution in [-0.2, 0) is 4.74 Å². The van der Waals surface area contributed by atoms with Gasteiger partial charge in [-0.15, -0.1) is 0 Å². The van der Waals surface area contributed by atoms with E-state index in [1.165, 1.54) is 20.4 Å². The summed E-state index contributed by atoms with van der Waals surface area (Å²) >= 11 is 0. The molecule has 0 unspecified atom stereocenters. The number of alkyl carbamates (subject to hydrolysis) is 1. The normalized spacial score (nSPS) is 10.2. The number of rotatable bonds is 4. The van der Waals surface area contributed by atoms with Crippen LogP contribution in [0.2, 0.25) is 0 Å². The van der Waals surface area contributed by atoms with Crippen LogP contribution < -0.4 is 14.8 Å². The van der Waals surface area contributed by atoms with E-state index in [-0.39, 0.29) is 6.01 Å². The Kier molecular flexibility index (Phi) is 6.45. The van der Waals surface area contributed by atoms with Crippen LogP contribution in [0.15, 0.2) is 6.20 Å². The fourth-order valence-electron chi connectivity index (χ4n) is 1.39. The SMILES string of the molecule is COc1ncc(C#CCCNC(=O)OC(C)(C)C)c(OC)n1. The highest BCUT2D eigenvalue weighted by Crippen LogP contribution is 2.15.